The first-order valence-electron chi connectivity index (χ1n) is 9.26. The Morgan fingerprint density at radius 1 is 1.23 bits per heavy atom. The largest absolute Gasteiger partial charge is 0.418 e. The molecular weight excluding hydrogens is 470 g/mol. The van der Waals surface area contributed by atoms with E-state index < -0.39 is 23.7 Å². The molecule has 0 bridgehead atoms. The molecule has 0 saturated heterocycles. The zero-order valence-corrected chi connectivity index (χ0v) is 18.8. The van der Waals surface area contributed by atoms with Crippen LogP contribution in [0.5, 0.6) is 0 Å². The molecule has 2 aromatic carbocycles. The van der Waals surface area contributed by atoms with Crippen LogP contribution in [0.15, 0.2) is 53.7 Å². The van der Waals surface area contributed by atoms with Crippen LogP contribution in [0.25, 0.3) is 0 Å². The van der Waals surface area contributed by atoms with Crippen LogP contribution in [0, 0.1) is 0 Å². The minimum atomic E-state index is -4.62. The quantitative estimate of drug-likeness (QED) is 0.505. The lowest BCUT2D eigenvalue weighted by Gasteiger charge is -2.37. The summed E-state index contributed by atoms with van der Waals surface area (Å²) in [6, 6.07) is 8.83. The number of carbonyl (C=O) groups is 1. The number of nitrogens with zero attached hydrogens (tertiary/aromatic N) is 1. The molecule has 1 amide bonds. The maximum absolute atomic E-state index is 13.4. The minimum Gasteiger partial charge on any atom is -0.351 e. The number of benzene rings is 2. The van der Waals surface area contributed by atoms with Crippen molar-refractivity contribution in [3.63, 3.8) is 0 Å². The van der Waals surface area contributed by atoms with Gasteiger partial charge in [-0.3, -0.25) is 4.79 Å². The monoisotopic (exact) mass is 487 g/mol. The molecule has 0 spiro atoms. The molecule has 3 rings (SSSR count). The Bertz CT molecular complexity index is 1070. The van der Waals surface area contributed by atoms with E-state index >= 15 is 0 Å². The second kappa shape index (κ2) is 9.06. The maximum atomic E-state index is 13.4. The van der Waals surface area contributed by atoms with Gasteiger partial charge in [-0.25, -0.2) is 0 Å². The minimum absolute atomic E-state index is 0.205. The van der Waals surface area contributed by atoms with Crippen molar-refractivity contribution in [3.8, 4) is 0 Å². The van der Waals surface area contributed by atoms with E-state index in [0.717, 1.165) is 6.07 Å². The Morgan fingerprint density at radius 2 is 1.90 bits per heavy atom. The first-order valence-corrected chi connectivity index (χ1v) is 10.4. The Morgan fingerprint density at radius 3 is 2.52 bits per heavy atom. The van der Waals surface area contributed by atoms with Gasteiger partial charge in [0.05, 0.1) is 22.9 Å². The summed E-state index contributed by atoms with van der Waals surface area (Å²) in [6.45, 7) is 4.01. The number of alkyl halides is 3. The average Bonchev–Trinajstić information content (AvgIpc) is 2.67. The third-order valence-corrected chi connectivity index (χ3v) is 5.81. The molecule has 2 aromatic rings. The Hall–Kier alpha value is -2.29. The van der Waals surface area contributed by atoms with Gasteiger partial charge in [0.15, 0.2) is 5.11 Å². The Labute approximate surface area is 193 Å². The number of hydrogen-bond donors (Lipinski definition) is 2. The van der Waals surface area contributed by atoms with Crippen molar-refractivity contribution in [2.75, 3.05) is 11.9 Å². The molecule has 164 valence electrons. The fourth-order valence-electron chi connectivity index (χ4n) is 3.45. The van der Waals surface area contributed by atoms with Gasteiger partial charge in [-0.05, 0) is 55.9 Å². The molecule has 0 radical (unpaired) electrons. The Kier molecular flexibility index (Phi) is 6.83. The van der Waals surface area contributed by atoms with Crippen molar-refractivity contribution < 1.29 is 18.0 Å². The van der Waals surface area contributed by atoms with Crippen molar-refractivity contribution in [3.05, 3.63) is 74.9 Å². The predicted molar refractivity (Wildman–Crippen MR) is 120 cm³/mol. The number of allylic oxidation sites excluding steroid dienone is 1. The molecule has 2 N–H and O–H groups in total. The van der Waals surface area contributed by atoms with Crippen LogP contribution in [0.4, 0.5) is 18.9 Å². The third-order valence-electron chi connectivity index (χ3n) is 4.91. The number of hydrogen-bond acceptors (Lipinski definition) is 2. The SMILES string of the molecule is CCN1C(=S)NC(c2ccc(Cl)cc2Cl)C(C(=O)Nc2ccccc2C(F)(F)F)=C1C. The van der Waals surface area contributed by atoms with Crippen LogP contribution in [0.3, 0.4) is 0 Å². The average molecular weight is 488 g/mol. The van der Waals surface area contributed by atoms with Gasteiger partial charge in [-0.15, -0.1) is 0 Å². The molecule has 10 heteroatoms. The van der Waals surface area contributed by atoms with Crippen LogP contribution in [0.2, 0.25) is 10.0 Å². The third kappa shape index (κ3) is 4.81. The van der Waals surface area contributed by atoms with Gasteiger partial charge in [0.2, 0.25) is 0 Å². The second-order valence-electron chi connectivity index (χ2n) is 6.79. The van der Waals surface area contributed by atoms with Crippen LogP contribution in [-0.2, 0) is 11.0 Å². The van der Waals surface area contributed by atoms with Gasteiger partial charge in [0.1, 0.15) is 0 Å². The van der Waals surface area contributed by atoms with E-state index in [1.54, 1.807) is 24.0 Å². The summed E-state index contributed by atoms with van der Waals surface area (Å²) >= 11 is 17.8. The molecule has 1 unspecified atom stereocenters. The first kappa shape index (κ1) is 23.4. The zero-order chi connectivity index (χ0) is 22.9. The van der Waals surface area contributed by atoms with E-state index in [1.807, 2.05) is 6.92 Å². The summed E-state index contributed by atoms with van der Waals surface area (Å²) in [6.07, 6.45) is -4.62. The van der Waals surface area contributed by atoms with Gasteiger partial charge in [0.25, 0.3) is 5.91 Å². The highest BCUT2D eigenvalue weighted by atomic mass is 35.5. The number of halogens is 5. The molecule has 31 heavy (non-hydrogen) atoms. The molecule has 4 nitrogen and oxygen atoms in total. The van der Waals surface area contributed by atoms with Gasteiger partial charge in [0, 0.05) is 22.3 Å². The molecule has 0 saturated carbocycles. The normalized spacial score (nSPS) is 16.9. The number of rotatable bonds is 4. The fraction of sp³-hybridized carbons (Fsp3) is 0.238. The van der Waals surface area contributed by atoms with Gasteiger partial charge in [-0.1, -0.05) is 41.4 Å². The maximum Gasteiger partial charge on any atom is 0.418 e. The molecule has 1 aliphatic rings. The van der Waals surface area contributed by atoms with E-state index in [-0.39, 0.29) is 11.3 Å². The van der Waals surface area contributed by atoms with Crippen molar-refractivity contribution in [2.24, 2.45) is 0 Å². The fourth-order valence-corrected chi connectivity index (χ4v) is 4.36. The summed E-state index contributed by atoms with van der Waals surface area (Å²) in [5.74, 6) is -0.696. The number of carbonyl (C=O) groups excluding carboxylic acids is 1. The second-order valence-corrected chi connectivity index (χ2v) is 8.02. The summed E-state index contributed by atoms with van der Waals surface area (Å²) < 4.78 is 40.2. The van der Waals surface area contributed by atoms with Crippen molar-refractivity contribution in [2.45, 2.75) is 26.1 Å². The van der Waals surface area contributed by atoms with E-state index in [4.69, 9.17) is 35.4 Å². The van der Waals surface area contributed by atoms with Crippen LogP contribution in [-0.4, -0.2) is 22.5 Å². The molecular formula is C21H18Cl2F3N3OS. The lowest BCUT2D eigenvalue weighted by molar-refractivity contribution is -0.137. The van der Waals surface area contributed by atoms with Crippen molar-refractivity contribution in [1.29, 1.82) is 0 Å². The Balaban J connectivity index is 2.09. The van der Waals surface area contributed by atoms with Gasteiger partial charge in [-0.2, -0.15) is 13.2 Å². The standard InChI is InChI=1S/C21H18Cl2F3N3OS/c1-3-29-11(2)17(18(28-20(29)31)13-9-8-12(22)10-15(13)23)19(30)27-16-7-5-4-6-14(16)21(24,25)26/h4-10,18H,3H2,1-2H3,(H,27,30)(H,28,31). The first-order chi connectivity index (χ1) is 14.5. The molecule has 0 fully saturated rings. The number of nitrogens with one attached hydrogen (secondary N) is 2. The number of thiocarbonyl (C=S) groups is 1. The van der Waals surface area contributed by atoms with Gasteiger partial charge < -0.3 is 15.5 Å². The van der Waals surface area contributed by atoms with Crippen molar-refractivity contribution >= 4 is 52.1 Å². The molecule has 1 atom stereocenters. The highest BCUT2D eigenvalue weighted by Gasteiger charge is 2.37. The number of para-hydroxylation sites is 1. The topological polar surface area (TPSA) is 44.4 Å². The van der Waals surface area contributed by atoms with Crippen molar-refractivity contribution in [1.82, 2.24) is 10.2 Å². The molecule has 0 aliphatic carbocycles. The molecule has 0 aromatic heterocycles. The highest BCUT2D eigenvalue weighted by molar-refractivity contribution is 7.80. The van der Waals surface area contributed by atoms with E-state index in [2.05, 4.69) is 10.6 Å². The number of amides is 1. The summed E-state index contributed by atoms with van der Waals surface area (Å²) in [4.78, 5) is 15.0. The van der Waals surface area contributed by atoms with Crippen LogP contribution >= 0.6 is 35.4 Å². The predicted octanol–water partition coefficient (Wildman–Crippen LogP) is 6.18. The lowest BCUT2D eigenvalue weighted by atomic mass is 9.94. The lowest BCUT2D eigenvalue weighted by Crippen LogP contribution is -2.48. The highest BCUT2D eigenvalue weighted by Crippen LogP contribution is 2.38. The van der Waals surface area contributed by atoms with Crippen LogP contribution < -0.4 is 10.6 Å². The molecule has 1 aliphatic heterocycles. The smallest absolute Gasteiger partial charge is 0.351 e. The number of anilines is 1. The van der Waals surface area contributed by atoms with E-state index in [0.29, 0.717) is 33.0 Å². The van der Waals surface area contributed by atoms with E-state index in [9.17, 15) is 18.0 Å². The van der Waals surface area contributed by atoms with Crippen LogP contribution in [0.1, 0.15) is 31.0 Å². The molecule has 1 heterocycles. The summed E-state index contributed by atoms with van der Waals surface area (Å²) in [5.41, 5.74) is -0.0227. The van der Waals surface area contributed by atoms with E-state index in [1.165, 1.54) is 24.3 Å². The van der Waals surface area contributed by atoms with Gasteiger partial charge >= 0.3 is 6.18 Å². The summed E-state index contributed by atoms with van der Waals surface area (Å²) in [7, 11) is 0. The zero-order valence-electron chi connectivity index (χ0n) is 16.5. The summed E-state index contributed by atoms with van der Waals surface area (Å²) in [5, 5.41) is 6.57.